The molecule has 2 nitrogen and oxygen atoms in total. The minimum atomic E-state index is -0.319. The van der Waals surface area contributed by atoms with Crippen LogP contribution in [-0.2, 0) is 6.42 Å². The molecule has 0 radical (unpaired) electrons. The van der Waals surface area contributed by atoms with E-state index in [4.69, 9.17) is 10.5 Å². The molecule has 1 rings (SSSR count). The molecule has 0 heterocycles. The Morgan fingerprint density at radius 3 is 2.65 bits per heavy atom. The summed E-state index contributed by atoms with van der Waals surface area (Å²) >= 11 is 0. The van der Waals surface area contributed by atoms with Gasteiger partial charge in [-0.3, -0.25) is 0 Å². The third-order valence-electron chi connectivity index (χ3n) is 3.16. The second-order valence-electron chi connectivity index (χ2n) is 4.60. The summed E-state index contributed by atoms with van der Waals surface area (Å²) in [5.41, 5.74) is 7.03. The molecule has 1 aromatic carbocycles. The van der Waals surface area contributed by atoms with Crippen molar-refractivity contribution in [3.05, 3.63) is 29.6 Å². The highest BCUT2D eigenvalue weighted by Gasteiger charge is 2.13. The minimum absolute atomic E-state index is 0.0859. The quantitative estimate of drug-likeness (QED) is 0.827. The summed E-state index contributed by atoms with van der Waals surface area (Å²) in [4.78, 5) is 0. The summed E-state index contributed by atoms with van der Waals surface area (Å²) in [6.45, 7) is 4.30. The Balaban J connectivity index is 2.65. The molecule has 0 saturated heterocycles. The monoisotopic (exact) mass is 239 g/mol. The van der Waals surface area contributed by atoms with E-state index in [-0.39, 0.29) is 17.6 Å². The van der Waals surface area contributed by atoms with Crippen LogP contribution in [0.15, 0.2) is 18.2 Å². The summed E-state index contributed by atoms with van der Waals surface area (Å²) in [7, 11) is 1.47. The molecule has 0 amide bonds. The lowest BCUT2D eigenvalue weighted by atomic mass is 9.92. The third kappa shape index (κ3) is 4.00. The van der Waals surface area contributed by atoms with Crippen LogP contribution in [-0.4, -0.2) is 13.2 Å². The first-order valence-corrected chi connectivity index (χ1v) is 6.16. The van der Waals surface area contributed by atoms with Gasteiger partial charge >= 0.3 is 0 Å². The number of hydrogen-bond donors (Lipinski definition) is 1. The molecule has 0 aliphatic rings. The van der Waals surface area contributed by atoms with Gasteiger partial charge in [-0.05, 0) is 36.5 Å². The SMILES string of the molecule is CCCC(C)C(N)Cc1ccc(OC)c(F)c1. The predicted molar refractivity (Wildman–Crippen MR) is 68.7 cm³/mol. The maximum atomic E-state index is 13.5. The summed E-state index contributed by atoms with van der Waals surface area (Å²) in [6, 6.07) is 5.13. The molecule has 1 aromatic rings. The van der Waals surface area contributed by atoms with Crippen LogP contribution in [0.3, 0.4) is 0 Å². The normalized spacial score (nSPS) is 14.4. The number of ether oxygens (including phenoxy) is 1. The van der Waals surface area contributed by atoms with Gasteiger partial charge in [0.2, 0.25) is 0 Å². The van der Waals surface area contributed by atoms with Crippen LogP contribution in [0.5, 0.6) is 5.75 Å². The van der Waals surface area contributed by atoms with Gasteiger partial charge in [0.05, 0.1) is 7.11 Å². The summed E-state index contributed by atoms with van der Waals surface area (Å²) < 4.78 is 18.4. The largest absolute Gasteiger partial charge is 0.494 e. The third-order valence-corrected chi connectivity index (χ3v) is 3.16. The number of benzene rings is 1. The van der Waals surface area contributed by atoms with Gasteiger partial charge in [-0.2, -0.15) is 0 Å². The topological polar surface area (TPSA) is 35.2 Å². The average Bonchev–Trinajstić information content (AvgIpc) is 2.29. The lowest BCUT2D eigenvalue weighted by Gasteiger charge is -2.19. The van der Waals surface area contributed by atoms with E-state index < -0.39 is 0 Å². The zero-order chi connectivity index (χ0) is 12.8. The number of halogens is 1. The maximum Gasteiger partial charge on any atom is 0.165 e. The van der Waals surface area contributed by atoms with Gasteiger partial charge < -0.3 is 10.5 Å². The molecule has 0 aromatic heterocycles. The Bertz CT molecular complexity index is 354. The molecule has 0 spiro atoms. The molecule has 2 N–H and O–H groups in total. The molecule has 0 aliphatic carbocycles. The molecular weight excluding hydrogens is 217 g/mol. The molecule has 0 saturated carbocycles. The summed E-state index contributed by atoms with van der Waals surface area (Å²) in [5.74, 6) is 0.425. The van der Waals surface area contributed by atoms with Gasteiger partial charge in [0.25, 0.3) is 0 Å². The predicted octanol–water partition coefficient (Wildman–Crippen LogP) is 3.14. The summed E-state index contributed by atoms with van der Waals surface area (Å²) in [6.07, 6.45) is 2.95. The molecule has 96 valence electrons. The number of nitrogens with two attached hydrogens (primary N) is 1. The second-order valence-corrected chi connectivity index (χ2v) is 4.60. The minimum Gasteiger partial charge on any atom is -0.494 e. The van der Waals surface area contributed by atoms with Crippen molar-refractivity contribution in [2.24, 2.45) is 11.7 Å². The summed E-state index contributed by atoms with van der Waals surface area (Å²) in [5, 5.41) is 0. The fourth-order valence-corrected chi connectivity index (χ4v) is 1.98. The van der Waals surface area contributed by atoms with Gasteiger partial charge in [-0.1, -0.05) is 26.3 Å². The fraction of sp³-hybridized carbons (Fsp3) is 0.571. The highest BCUT2D eigenvalue weighted by Crippen LogP contribution is 2.20. The molecule has 0 aliphatic heterocycles. The van der Waals surface area contributed by atoms with Crippen molar-refractivity contribution in [2.45, 2.75) is 39.2 Å². The molecule has 2 atom stereocenters. The van der Waals surface area contributed by atoms with Crippen molar-refractivity contribution in [3.63, 3.8) is 0 Å². The Hall–Kier alpha value is -1.09. The van der Waals surface area contributed by atoms with Gasteiger partial charge in [0.15, 0.2) is 11.6 Å². The number of rotatable bonds is 6. The Labute approximate surface area is 103 Å². The maximum absolute atomic E-state index is 13.5. The second kappa shape index (κ2) is 6.60. The van der Waals surface area contributed by atoms with Gasteiger partial charge in [0, 0.05) is 6.04 Å². The van der Waals surface area contributed by atoms with E-state index in [1.165, 1.54) is 13.2 Å². The highest BCUT2D eigenvalue weighted by molar-refractivity contribution is 5.29. The van der Waals surface area contributed by atoms with Gasteiger partial charge in [-0.25, -0.2) is 4.39 Å². The van der Waals surface area contributed by atoms with Crippen LogP contribution in [0.4, 0.5) is 4.39 Å². The van der Waals surface area contributed by atoms with Crippen molar-refractivity contribution in [3.8, 4) is 5.75 Å². The van der Waals surface area contributed by atoms with E-state index in [2.05, 4.69) is 13.8 Å². The molecular formula is C14H22FNO. The highest BCUT2D eigenvalue weighted by atomic mass is 19.1. The van der Waals surface area contributed by atoms with Crippen molar-refractivity contribution in [2.75, 3.05) is 7.11 Å². The first-order valence-electron chi connectivity index (χ1n) is 6.16. The molecule has 2 unspecified atom stereocenters. The number of methoxy groups -OCH3 is 1. The lowest BCUT2D eigenvalue weighted by molar-refractivity contribution is 0.385. The zero-order valence-electron chi connectivity index (χ0n) is 10.9. The van der Waals surface area contributed by atoms with Crippen molar-refractivity contribution in [1.29, 1.82) is 0 Å². The molecule has 0 bridgehead atoms. The van der Waals surface area contributed by atoms with Crippen LogP contribution >= 0.6 is 0 Å². The van der Waals surface area contributed by atoms with E-state index >= 15 is 0 Å². The smallest absolute Gasteiger partial charge is 0.165 e. The van der Waals surface area contributed by atoms with Crippen molar-refractivity contribution in [1.82, 2.24) is 0 Å². The van der Waals surface area contributed by atoms with E-state index in [0.29, 0.717) is 12.3 Å². The van der Waals surface area contributed by atoms with Crippen LogP contribution in [0.2, 0.25) is 0 Å². The van der Waals surface area contributed by atoms with Crippen molar-refractivity contribution >= 4 is 0 Å². The van der Waals surface area contributed by atoms with Crippen molar-refractivity contribution < 1.29 is 9.13 Å². The zero-order valence-corrected chi connectivity index (χ0v) is 10.9. The van der Waals surface area contributed by atoms with Crippen LogP contribution in [0.25, 0.3) is 0 Å². The average molecular weight is 239 g/mol. The van der Waals surface area contributed by atoms with Crippen LogP contribution in [0.1, 0.15) is 32.3 Å². The Kier molecular flexibility index (Phi) is 5.42. The van der Waals surface area contributed by atoms with Crippen LogP contribution < -0.4 is 10.5 Å². The molecule has 3 heteroatoms. The van der Waals surface area contributed by atoms with Crippen LogP contribution in [0, 0.1) is 11.7 Å². The van der Waals surface area contributed by atoms with Gasteiger partial charge in [-0.15, -0.1) is 0 Å². The number of hydrogen-bond acceptors (Lipinski definition) is 2. The van der Waals surface area contributed by atoms with E-state index in [9.17, 15) is 4.39 Å². The first kappa shape index (κ1) is 14.0. The van der Waals surface area contributed by atoms with E-state index in [1.54, 1.807) is 6.07 Å². The Morgan fingerprint density at radius 1 is 1.41 bits per heavy atom. The Morgan fingerprint density at radius 2 is 2.12 bits per heavy atom. The fourth-order valence-electron chi connectivity index (χ4n) is 1.98. The first-order chi connectivity index (χ1) is 8.08. The van der Waals surface area contributed by atoms with E-state index in [0.717, 1.165) is 18.4 Å². The molecule has 0 fully saturated rings. The standard InChI is InChI=1S/C14H22FNO/c1-4-5-10(2)13(16)9-11-6-7-14(17-3)12(15)8-11/h6-8,10,13H,4-5,9,16H2,1-3H3. The lowest BCUT2D eigenvalue weighted by Crippen LogP contribution is -2.30. The molecule has 17 heavy (non-hydrogen) atoms. The van der Waals surface area contributed by atoms with Gasteiger partial charge in [0.1, 0.15) is 0 Å². The van der Waals surface area contributed by atoms with E-state index in [1.807, 2.05) is 6.07 Å².